The highest BCUT2D eigenvalue weighted by Crippen LogP contribution is 2.33. The number of ether oxygens (including phenoxy) is 1. The lowest BCUT2D eigenvalue weighted by atomic mass is 10.0. The van der Waals surface area contributed by atoms with E-state index in [0.717, 1.165) is 54.1 Å². The molecular weight excluding hydrogens is 410 g/mol. The number of nitrogens with zero attached hydrogens (tertiary/aromatic N) is 1. The Bertz CT molecular complexity index is 1270. The van der Waals surface area contributed by atoms with Gasteiger partial charge >= 0.3 is 0 Å². The molecule has 166 valence electrons. The van der Waals surface area contributed by atoms with E-state index in [4.69, 9.17) is 4.74 Å². The second-order valence-electron chi connectivity index (χ2n) is 8.31. The number of amides is 1. The Kier molecular flexibility index (Phi) is 5.96. The number of benzene rings is 4. The molecule has 5 rings (SSSR count). The van der Waals surface area contributed by atoms with Gasteiger partial charge in [0, 0.05) is 37.8 Å². The predicted octanol–water partition coefficient (Wildman–Crippen LogP) is 5.60. The van der Waals surface area contributed by atoms with Gasteiger partial charge < -0.3 is 20.3 Å². The van der Waals surface area contributed by atoms with Crippen LogP contribution in [-0.2, 0) is 0 Å². The molecule has 1 saturated heterocycles. The van der Waals surface area contributed by atoms with Gasteiger partial charge in [-0.15, -0.1) is 0 Å². The van der Waals surface area contributed by atoms with E-state index < -0.39 is 0 Å². The minimum atomic E-state index is -0.129. The van der Waals surface area contributed by atoms with Crippen molar-refractivity contribution in [3.8, 4) is 11.5 Å². The molecule has 0 spiro atoms. The van der Waals surface area contributed by atoms with Crippen molar-refractivity contribution in [2.45, 2.75) is 6.92 Å². The number of fused-ring (bicyclic) bond motifs is 1. The molecule has 0 atom stereocenters. The maximum Gasteiger partial charge on any atom is 0.256 e. The molecule has 4 aromatic rings. The molecule has 0 aliphatic carbocycles. The number of rotatable bonds is 5. The summed E-state index contributed by atoms with van der Waals surface area (Å²) in [5.41, 5.74) is 3.59. The molecule has 4 aromatic carbocycles. The number of carbonyl (C=O) groups excluding carboxylic acids is 1. The zero-order valence-electron chi connectivity index (χ0n) is 18.7. The van der Waals surface area contributed by atoms with Gasteiger partial charge in [0.2, 0.25) is 0 Å². The summed E-state index contributed by atoms with van der Waals surface area (Å²) in [5, 5.41) is 8.54. The quantitative estimate of drug-likeness (QED) is 0.427. The van der Waals surface area contributed by atoms with Crippen molar-refractivity contribution < 1.29 is 9.53 Å². The number of carbonyl (C=O) groups is 1. The van der Waals surface area contributed by atoms with Gasteiger partial charge in [-0.1, -0.05) is 54.1 Å². The van der Waals surface area contributed by atoms with Gasteiger partial charge in [0.05, 0.1) is 11.4 Å². The van der Waals surface area contributed by atoms with Crippen molar-refractivity contribution in [2.75, 3.05) is 36.4 Å². The van der Waals surface area contributed by atoms with Crippen molar-refractivity contribution in [2.24, 2.45) is 0 Å². The Hall–Kier alpha value is -3.83. The minimum absolute atomic E-state index is 0.129. The average molecular weight is 438 g/mol. The molecule has 5 nitrogen and oxygen atoms in total. The zero-order valence-corrected chi connectivity index (χ0v) is 18.7. The molecule has 0 saturated carbocycles. The zero-order chi connectivity index (χ0) is 22.6. The van der Waals surface area contributed by atoms with E-state index in [9.17, 15) is 4.79 Å². The van der Waals surface area contributed by atoms with Crippen LogP contribution in [0.25, 0.3) is 10.8 Å². The van der Waals surface area contributed by atoms with Crippen LogP contribution in [0.1, 0.15) is 15.9 Å². The van der Waals surface area contributed by atoms with Gasteiger partial charge in [0.25, 0.3) is 5.91 Å². The Balaban J connectivity index is 1.48. The van der Waals surface area contributed by atoms with E-state index in [0.29, 0.717) is 11.3 Å². The van der Waals surface area contributed by atoms with Gasteiger partial charge in [-0.3, -0.25) is 4.79 Å². The molecule has 5 heteroatoms. The maximum absolute atomic E-state index is 13.4. The van der Waals surface area contributed by atoms with E-state index in [-0.39, 0.29) is 5.91 Å². The van der Waals surface area contributed by atoms with Crippen molar-refractivity contribution in [3.05, 3.63) is 96.1 Å². The van der Waals surface area contributed by atoms with E-state index in [1.54, 1.807) is 0 Å². The molecule has 1 aliphatic heterocycles. The number of hydrogen-bond donors (Lipinski definition) is 2. The second kappa shape index (κ2) is 9.35. The van der Waals surface area contributed by atoms with Gasteiger partial charge in [0.1, 0.15) is 11.5 Å². The monoisotopic (exact) mass is 437 g/mol. The topological polar surface area (TPSA) is 53.6 Å². The summed E-state index contributed by atoms with van der Waals surface area (Å²) in [6, 6.07) is 27.6. The molecule has 1 amide bonds. The first kappa shape index (κ1) is 21.0. The molecule has 0 aromatic heterocycles. The van der Waals surface area contributed by atoms with Gasteiger partial charge in [-0.2, -0.15) is 0 Å². The molecule has 0 unspecified atom stereocenters. The lowest BCUT2D eigenvalue weighted by Crippen LogP contribution is -2.43. The molecule has 33 heavy (non-hydrogen) atoms. The highest BCUT2D eigenvalue weighted by Gasteiger charge is 2.18. The van der Waals surface area contributed by atoms with Gasteiger partial charge in [-0.25, -0.2) is 0 Å². The number of anilines is 2. The van der Waals surface area contributed by atoms with Crippen LogP contribution >= 0.6 is 0 Å². The van der Waals surface area contributed by atoms with Crippen LogP contribution in [0.15, 0.2) is 84.9 Å². The first-order valence-corrected chi connectivity index (χ1v) is 11.3. The van der Waals surface area contributed by atoms with Crippen LogP contribution < -0.4 is 20.3 Å². The predicted molar refractivity (Wildman–Crippen MR) is 135 cm³/mol. The summed E-state index contributed by atoms with van der Waals surface area (Å²) in [6.07, 6.45) is 0. The van der Waals surface area contributed by atoms with Crippen molar-refractivity contribution in [3.63, 3.8) is 0 Å². The van der Waals surface area contributed by atoms with Gasteiger partial charge in [-0.05, 0) is 48.0 Å². The summed E-state index contributed by atoms with van der Waals surface area (Å²) >= 11 is 0. The Labute approximate surface area is 194 Å². The summed E-state index contributed by atoms with van der Waals surface area (Å²) in [5.74, 6) is 1.32. The molecular formula is C28H27N3O2. The Morgan fingerprint density at radius 3 is 2.42 bits per heavy atom. The van der Waals surface area contributed by atoms with E-state index in [1.807, 2.05) is 91.9 Å². The normalized spacial score (nSPS) is 13.7. The lowest BCUT2D eigenvalue weighted by molar-refractivity contribution is 0.102. The largest absolute Gasteiger partial charge is 0.457 e. The third-order valence-electron chi connectivity index (χ3n) is 5.96. The fourth-order valence-corrected chi connectivity index (χ4v) is 4.22. The summed E-state index contributed by atoms with van der Waals surface area (Å²) in [6.45, 7) is 5.65. The summed E-state index contributed by atoms with van der Waals surface area (Å²) in [4.78, 5) is 15.7. The first-order chi connectivity index (χ1) is 16.2. The van der Waals surface area contributed by atoms with Crippen LogP contribution in [0.5, 0.6) is 11.5 Å². The molecule has 1 aliphatic rings. The molecule has 0 bridgehead atoms. The SMILES string of the molecule is Cc1ccc(Oc2ccc(N3CCNCC3)c(NC(=O)c3cccc4ccccc34)c2)cc1. The number of aryl methyl sites for hydroxylation is 1. The lowest BCUT2D eigenvalue weighted by Gasteiger charge is -2.31. The third-order valence-corrected chi connectivity index (χ3v) is 5.96. The fraction of sp³-hybridized carbons (Fsp3) is 0.179. The van der Waals surface area contributed by atoms with Crippen molar-refractivity contribution in [1.82, 2.24) is 5.32 Å². The highest BCUT2D eigenvalue weighted by molar-refractivity contribution is 6.13. The van der Waals surface area contributed by atoms with Crippen molar-refractivity contribution >= 4 is 28.1 Å². The van der Waals surface area contributed by atoms with Crippen LogP contribution in [0, 0.1) is 6.92 Å². The molecule has 1 fully saturated rings. The van der Waals surface area contributed by atoms with Crippen LogP contribution in [-0.4, -0.2) is 32.1 Å². The number of piperazine rings is 1. The van der Waals surface area contributed by atoms with E-state index >= 15 is 0 Å². The maximum atomic E-state index is 13.4. The Morgan fingerprint density at radius 2 is 1.61 bits per heavy atom. The third kappa shape index (κ3) is 4.69. The van der Waals surface area contributed by atoms with Crippen LogP contribution in [0.2, 0.25) is 0 Å². The van der Waals surface area contributed by atoms with E-state index in [2.05, 4.69) is 15.5 Å². The average Bonchev–Trinajstić information content (AvgIpc) is 2.86. The highest BCUT2D eigenvalue weighted by atomic mass is 16.5. The van der Waals surface area contributed by atoms with Gasteiger partial charge in [0.15, 0.2) is 0 Å². The molecule has 1 heterocycles. The summed E-state index contributed by atoms with van der Waals surface area (Å²) in [7, 11) is 0. The molecule has 2 N–H and O–H groups in total. The number of nitrogens with one attached hydrogen (secondary N) is 2. The number of hydrogen-bond acceptors (Lipinski definition) is 4. The fourth-order valence-electron chi connectivity index (χ4n) is 4.22. The van der Waals surface area contributed by atoms with E-state index in [1.165, 1.54) is 5.56 Å². The first-order valence-electron chi connectivity index (χ1n) is 11.3. The smallest absolute Gasteiger partial charge is 0.256 e. The molecule has 0 radical (unpaired) electrons. The summed E-state index contributed by atoms with van der Waals surface area (Å²) < 4.78 is 6.09. The second-order valence-corrected chi connectivity index (χ2v) is 8.31. The van der Waals surface area contributed by atoms with Crippen LogP contribution in [0.4, 0.5) is 11.4 Å². The van der Waals surface area contributed by atoms with Crippen molar-refractivity contribution in [1.29, 1.82) is 0 Å². The minimum Gasteiger partial charge on any atom is -0.457 e. The standard InChI is InChI=1S/C28H27N3O2/c1-20-9-11-22(12-10-20)33-23-13-14-27(31-17-15-29-16-18-31)26(19-23)30-28(32)25-8-4-6-21-5-2-3-7-24(21)25/h2-14,19,29H,15-18H2,1H3,(H,30,32). The van der Waals surface area contributed by atoms with Crippen LogP contribution in [0.3, 0.4) is 0 Å². The Morgan fingerprint density at radius 1 is 0.879 bits per heavy atom.